The van der Waals surface area contributed by atoms with Gasteiger partial charge in [-0.2, -0.15) is 0 Å². The standard InChI is InChI=1S/C16H24FN3O2/c1-22-15-6-3-2-5-14(15)20-11-7-13(8-12-20)19-16(21)18-10-4-9-17/h2-3,5-6,13H,4,7-12H2,1H3,(H2,18,19,21). The number of hydrogen-bond acceptors (Lipinski definition) is 3. The Morgan fingerprint density at radius 1 is 1.36 bits per heavy atom. The van der Waals surface area contributed by atoms with Crippen molar-refractivity contribution in [2.75, 3.05) is 38.3 Å². The third kappa shape index (κ3) is 4.51. The summed E-state index contributed by atoms with van der Waals surface area (Å²) in [4.78, 5) is 13.9. The molecule has 0 spiro atoms. The lowest BCUT2D eigenvalue weighted by atomic mass is 10.0. The first-order valence-corrected chi connectivity index (χ1v) is 7.73. The van der Waals surface area contributed by atoms with Gasteiger partial charge in [-0.1, -0.05) is 12.1 Å². The summed E-state index contributed by atoms with van der Waals surface area (Å²) in [6, 6.07) is 7.92. The van der Waals surface area contributed by atoms with Crippen molar-refractivity contribution in [1.82, 2.24) is 10.6 Å². The number of carbonyl (C=O) groups is 1. The quantitative estimate of drug-likeness (QED) is 0.793. The van der Waals surface area contributed by atoms with Crippen LogP contribution in [0.1, 0.15) is 19.3 Å². The summed E-state index contributed by atoms with van der Waals surface area (Å²) < 4.78 is 17.4. The van der Waals surface area contributed by atoms with Crippen LogP contribution in [0.2, 0.25) is 0 Å². The van der Waals surface area contributed by atoms with Crippen LogP contribution in [0.5, 0.6) is 5.75 Å². The topological polar surface area (TPSA) is 53.6 Å². The first-order chi connectivity index (χ1) is 10.7. The Balaban J connectivity index is 1.79. The zero-order valence-corrected chi connectivity index (χ0v) is 13.0. The van der Waals surface area contributed by atoms with Gasteiger partial charge in [0.05, 0.1) is 19.5 Å². The molecule has 6 heteroatoms. The van der Waals surface area contributed by atoms with Crippen LogP contribution in [0.4, 0.5) is 14.9 Å². The molecule has 1 aromatic carbocycles. The Morgan fingerprint density at radius 2 is 2.09 bits per heavy atom. The zero-order chi connectivity index (χ0) is 15.8. The van der Waals surface area contributed by atoms with E-state index in [0.29, 0.717) is 13.0 Å². The Bertz CT molecular complexity index is 476. The molecule has 1 aliphatic rings. The molecule has 0 aliphatic carbocycles. The number of nitrogens with one attached hydrogen (secondary N) is 2. The van der Waals surface area contributed by atoms with Gasteiger partial charge < -0.3 is 20.3 Å². The van der Waals surface area contributed by atoms with Crippen LogP contribution < -0.4 is 20.3 Å². The summed E-state index contributed by atoms with van der Waals surface area (Å²) >= 11 is 0. The van der Waals surface area contributed by atoms with Gasteiger partial charge in [-0.05, 0) is 31.4 Å². The highest BCUT2D eigenvalue weighted by atomic mass is 19.1. The van der Waals surface area contributed by atoms with Gasteiger partial charge in [0, 0.05) is 25.7 Å². The number of para-hydroxylation sites is 2. The fourth-order valence-corrected chi connectivity index (χ4v) is 2.66. The smallest absolute Gasteiger partial charge is 0.315 e. The van der Waals surface area contributed by atoms with E-state index in [1.54, 1.807) is 7.11 Å². The van der Waals surface area contributed by atoms with Crippen LogP contribution >= 0.6 is 0 Å². The number of urea groups is 1. The van der Waals surface area contributed by atoms with Crippen molar-refractivity contribution in [2.45, 2.75) is 25.3 Å². The maximum Gasteiger partial charge on any atom is 0.315 e. The normalized spacial score (nSPS) is 15.5. The number of rotatable bonds is 6. The number of carbonyl (C=O) groups excluding carboxylic acids is 1. The van der Waals surface area contributed by atoms with E-state index in [1.165, 1.54) is 0 Å². The number of methoxy groups -OCH3 is 1. The average Bonchev–Trinajstić information content (AvgIpc) is 2.56. The number of alkyl halides is 1. The van der Waals surface area contributed by atoms with Gasteiger partial charge in [0.1, 0.15) is 5.75 Å². The fourth-order valence-electron chi connectivity index (χ4n) is 2.66. The van der Waals surface area contributed by atoms with Gasteiger partial charge in [-0.3, -0.25) is 4.39 Å². The number of amides is 2. The molecule has 0 atom stereocenters. The second-order valence-electron chi connectivity index (χ2n) is 5.38. The largest absolute Gasteiger partial charge is 0.495 e. The van der Waals surface area contributed by atoms with Crippen LogP contribution in [-0.2, 0) is 0 Å². The number of ether oxygens (including phenoxy) is 1. The molecule has 1 fully saturated rings. The van der Waals surface area contributed by atoms with Crippen molar-refractivity contribution >= 4 is 11.7 Å². The van der Waals surface area contributed by atoms with Gasteiger partial charge in [0.15, 0.2) is 0 Å². The Kier molecular flexibility index (Phi) is 6.30. The summed E-state index contributed by atoms with van der Waals surface area (Å²) in [7, 11) is 1.68. The van der Waals surface area contributed by atoms with Crippen LogP contribution in [0.25, 0.3) is 0 Å². The van der Waals surface area contributed by atoms with Crippen molar-refractivity contribution < 1.29 is 13.9 Å². The van der Waals surface area contributed by atoms with Crippen LogP contribution in [0, 0.1) is 0 Å². The molecule has 0 aromatic heterocycles. The third-order valence-corrected chi connectivity index (χ3v) is 3.85. The molecule has 0 bridgehead atoms. The molecule has 0 saturated carbocycles. The van der Waals surface area contributed by atoms with Gasteiger partial charge in [-0.15, -0.1) is 0 Å². The third-order valence-electron chi connectivity index (χ3n) is 3.85. The Hall–Kier alpha value is -1.98. The first kappa shape index (κ1) is 16.4. The Labute approximate surface area is 130 Å². The molecule has 2 N–H and O–H groups in total. The molecular formula is C16H24FN3O2. The molecule has 2 amide bonds. The van der Waals surface area contributed by atoms with E-state index in [4.69, 9.17) is 4.74 Å². The molecule has 1 saturated heterocycles. The Morgan fingerprint density at radius 3 is 2.77 bits per heavy atom. The number of benzene rings is 1. The predicted octanol–water partition coefficient (Wildman–Crippen LogP) is 2.32. The monoisotopic (exact) mass is 309 g/mol. The summed E-state index contributed by atoms with van der Waals surface area (Å²) in [6.45, 7) is 1.71. The van der Waals surface area contributed by atoms with E-state index in [9.17, 15) is 9.18 Å². The van der Waals surface area contributed by atoms with E-state index in [2.05, 4.69) is 21.6 Å². The number of anilines is 1. The fraction of sp³-hybridized carbons (Fsp3) is 0.562. The van der Waals surface area contributed by atoms with Crippen molar-refractivity contribution in [3.8, 4) is 5.75 Å². The summed E-state index contributed by atoms with van der Waals surface area (Å²) in [6.07, 6.45) is 2.13. The van der Waals surface area contributed by atoms with E-state index in [-0.39, 0.29) is 12.1 Å². The van der Waals surface area contributed by atoms with Gasteiger partial charge >= 0.3 is 6.03 Å². The van der Waals surface area contributed by atoms with E-state index >= 15 is 0 Å². The van der Waals surface area contributed by atoms with E-state index in [0.717, 1.165) is 37.4 Å². The summed E-state index contributed by atoms with van der Waals surface area (Å²) in [5.41, 5.74) is 1.09. The van der Waals surface area contributed by atoms with Gasteiger partial charge in [0.2, 0.25) is 0 Å². The molecule has 1 aromatic rings. The van der Waals surface area contributed by atoms with Gasteiger partial charge in [0.25, 0.3) is 0 Å². The zero-order valence-electron chi connectivity index (χ0n) is 13.0. The van der Waals surface area contributed by atoms with Gasteiger partial charge in [-0.25, -0.2) is 4.79 Å². The molecule has 22 heavy (non-hydrogen) atoms. The minimum absolute atomic E-state index is 0.163. The lowest BCUT2D eigenvalue weighted by molar-refractivity contribution is 0.234. The van der Waals surface area contributed by atoms with E-state index < -0.39 is 6.67 Å². The highest BCUT2D eigenvalue weighted by Crippen LogP contribution is 2.29. The van der Waals surface area contributed by atoms with Crippen LogP contribution in [0.15, 0.2) is 24.3 Å². The average molecular weight is 309 g/mol. The SMILES string of the molecule is COc1ccccc1N1CCC(NC(=O)NCCCF)CC1. The molecule has 0 unspecified atom stereocenters. The van der Waals surface area contributed by atoms with Crippen molar-refractivity contribution in [2.24, 2.45) is 0 Å². The highest BCUT2D eigenvalue weighted by Gasteiger charge is 2.22. The lowest BCUT2D eigenvalue weighted by Crippen LogP contribution is -2.48. The molecule has 1 heterocycles. The predicted molar refractivity (Wildman–Crippen MR) is 85.4 cm³/mol. The summed E-state index contributed by atoms with van der Waals surface area (Å²) in [5.74, 6) is 0.873. The maximum absolute atomic E-state index is 12.0. The van der Waals surface area contributed by atoms with Crippen molar-refractivity contribution in [3.05, 3.63) is 24.3 Å². The van der Waals surface area contributed by atoms with Crippen LogP contribution in [-0.4, -0.2) is 45.5 Å². The van der Waals surface area contributed by atoms with Crippen molar-refractivity contribution in [1.29, 1.82) is 0 Å². The molecule has 2 rings (SSSR count). The number of hydrogen-bond donors (Lipinski definition) is 2. The lowest BCUT2D eigenvalue weighted by Gasteiger charge is -2.34. The highest BCUT2D eigenvalue weighted by molar-refractivity contribution is 5.74. The maximum atomic E-state index is 12.0. The molecule has 1 aliphatic heterocycles. The number of piperidine rings is 1. The molecule has 122 valence electrons. The van der Waals surface area contributed by atoms with Crippen molar-refractivity contribution in [3.63, 3.8) is 0 Å². The molecular weight excluding hydrogens is 285 g/mol. The number of nitrogens with zero attached hydrogens (tertiary/aromatic N) is 1. The van der Waals surface area contributed by atoms with Crippen LogP contribution in [0.3, 0.4) is 0 Å². The molecule has 5 nitrogen and oxygen atoms in total. The molecule has 0 radical (unpaired) electrons. The minimum atomic E-state index is -0.405. The number of halogens is 1. The minimum Gasteiger partial charge on any atom is -0.495 e. The second-order valence-corrected chi connectivity index (χ2v) is 5.38. The van der Waals surface area contributed by atoms with E-state index in [1.807, 2.05) is 18.2 Å². The second kappa shape index (κ2) is 8.46. The summed E-state index contributed by atoms with van der Waals surface area (Å²) in [5, 5.41) is 5.62. The first-order valence-electron chi connectivity index (χ1n) is 7.73.